The quantitative estimate of drug-likeness (QED) is 0.596. The van der Waals surface area contributed by atoms with Crippen molar-refractivity contribution in [3.63, 3.8) is 0 Å². The number of fused-ring (bicyclic) bond motifs is 3. The van der Waals surface area contributed by atoms with Gasteiger partial charge in [0, 0.05) is 30.3 Å². The maximum atomic E-state index is 12.6. The Balaban J connectivity index is 2.20. The maximum absolute atomic E-state index is 12.6. The van der Waals surface area contributed by atoms with Crippen molar-refractivity contribution in [2.24, 2.45) is 5.92 Å². The van der Waals surface area contributed by atoms with Crippen LogP contribution >= 0.6 is 0 Å². The summed E-state index contributed by atoms with van der Waals surface area (Å²) < 4.78 is 6.93. The average molecular weight is 314 g/mol. The van der Waals surface area contributed by atoms with Crippen molar-refractivity contribution in [1.82, 2.24) is 9.55 Å². The van der Waals surface area contributed by atoms with Gasteiger partial charge in [-0.15, -0.1) is 0 Å². The number of Topliss-reactive ketones (excluding diaryl/α,β-unsaturated/α-hetero) is 1. The second-order valence-electron chi connectivity index (χ2n) is 6.70. The Hall–Kier alpha value is -2.50. The number of carbonyl (C=O) groups excluding carboxylic acids is 3. The molecule has 0 saturated carbocycles. The van der Waals surface area contributed by atoms with Gasteiger partial charge in [0.05, 0.1) is 17.0 Å². The molecule has 2 heterocycles. The zero-order chi connectivity index (χ0) is 16.8. The van der Waals surface area contributed by atoms with E-state index >= 15 is 0 Å². The standard InChI is InChI=1S/C17H18N2O4/c1-17(2,3)23-16(22)19-12-5-4-6-18-15(12)11-8-14(21)10(9-20)7-13(11)19/h4-6,9-10H,7-8H2,1-3H3. The first-order valence-corrected chi connectivity index (χ1v) is 7.50. The topological polar surface area (TPSA) is 78.3 Å². The third-order valence-electron chi connectivity index (χ3n) is 3.85. The Morgan fingerprint density at radius 2 is 2.17 bits per heavy atom. The van der Waals surface area contributed by atoms with Crippen LogP contribution in [0.1, 0.15) is 32.0 Å². The van der Waals surface area contributed by atoms with Gasteiger partial charge in [-0.2, -0.15) is 0 Å². The van der Waals surface area contributed by atoms with E-state index in [0.29, 0.717) is 23.0 Å². The average Bonchev–Trinajstić information content (AvgIpc) is 2.78. The molecule has 0 fully saturated rings. The zero-order valence-corrected chi connectivity index (χ0v) is 13.3. The molecule has 1 aliphatic carbocycles. The van der Waals surface area contributed by atoms with Crippen LogP contribution in [0.5, 0.6) is 0 Å². The van der Waals surface area contributed by atoms with Crippen LogP contribution in [0.15, 0.2) is 18.3 Å². The maximum Gasteiger partial charge on any atom is 0.419 e. The first kappa shape index (κ1) is 15.4. The summed E-state index contributed by atoms with van der Waals surface area (Å²) in [6.07, 6.45) is 2.07. The third kappa shape index (κ3) is 2.65. The van der Waals surface area contributed by atoms with Crippen molar-refractivity contribution in [2.75, 3.05) is 0 Å². The minimum atomic E-state index is -0.715. The lowest BCUT2D eigenvalue weighted by molar-refractivity contribution is -0.127. The number of aromatic nitrogens is 2. The first-order chi connectivity index (χ1) is 10.8. The van der Waals surface area contributed by atoms with Gasteiger partial charge in [0.15, 0.2) is 0 Å². The van der Waals surface area contributed by atoms with Crippen LogP contribution in [-0.4, -0.2) is 33.3 Å². The lowest BCUT2D eigenvalue weighted by Crippen LogP contribution is -2.31. The van der Waals surface area contributed by atoms with Crippen LogP contribution in [0.25, 0.3) is 11.0 Å². The number of hydrogen-bond acceptors (Lipinski definition) is 5. The molecule has 0 N–H and O–H groups in total. The van der Waals surface area contributed by atoms with Gasteiger partial charge in [-0.05, 0) is 32.9 Å². The Morgan fingerprint density at radius 3 is 2.83 bits per heavy atom. The molecule has 0 bridgehead atoms. The summed E-state index contributed by atoms with van der Waals surface area (Å²) in [5.41, 5.74) is 1.94. The summed E-state index contributed by atoms with van der Waals surface area (Å²) in [4.78, 5) is 40.1. The van der Waals surface area contributed by atoms with Crippen LogP contribution in [0.2, 0.25) is 0 Å². The third-order valence-corrected chi connectivity index (χ3v) is 3.85. The minimum Gasteiger partial charge on any atom is -0.443 e. The number of nitrogens with zero attached hydrogens (tertiary/aromatic N) is 2. The normalized spacial score (nSPS) is 17.9. The fourth-order valence-corrected chi connectivity index (χ4v) is 2.89. The summed E-state index contributed by atoms with van der Waals surface area (Å²) >= 11 is 0. The van der Waals surface area contributed by atoms with Gasteiger partial charge in [0.25, 0.3) is 0 Å². The molecule has 1 unspecified atom stereocenters. The van der Waals surface area contributed by atoms with E-state index < -0.39 is 17.6 Å². The highest BCUT2D eigenvalue weighted by atomic mass is 16.6. The van der Waals surface area contributed by atoms with E-state index in [1.54, 1.807) is 39.1 Å². The fourth-order valence-electron chi connectivity index (χ4n) is 2.89. The second-order valence-corrected chi connectivity index (χ2v) is 6.70. The predicted molar refractivity (Wildman–Crippen MR) is 83.3 cm³/mol. The Bertz CT molecular complexity index is 814. The van der Waals surface area contributed by atoms with Crippen LogP contribution in [0.4, 0.5) is 4.79 Å². The van der Waals surface area contributed by atoms with Crippen LogP contribution in [0.3, 0.4) is 0 Å². The zero-order valence-electron chi connectivity index (χ0n) is 13.3. The molecule has 0 amide bonds. The molecule has 6 heteroatoms. The summed E-state index contributed by atoms with van der Waals surface area (Å²) in [7, 11) is 0. The highest BCUT2D eigenvalue weighted by Crippen LogP contribution is 2.32. The van der Waals surface area contributed by atoms with Gasteiger partial charge in [0.1, 0.15) is 17.7 Å². The van der Waals surface area contributed by atoms with E-state index in [2.05, 4.69) is 4.98 Å². The predicted octanol–water partition coefficient (Wildman–Crippen LogP) is 2.30. The van der Waals surface area contributed by atoms with Crippen molar-refractivity contribution >= 4 is 29.2 Å². The molecule has 0 aliphatic heterocycles. The van der Waals surface area contributed by atoms with Gasteiger partial charge >= 0.3 is 6.09 Å². The van der Waals surface area contributed by atoms with E-state index in [-0.39, 0.29) is 18.6 Å². The lowest BCUT2D eigenvalue weighted by atomic mass is 9.87. The molecule has 0 spiro atoms. The molecule has 0 aromatic carbocycles. The van der Waals surface area contributed by atoms with Gasteiger partial charge in [-0.1, -0.05) is 0 Å². The Labute approximate surface area is 133 Å². The Kier molecular flexibility index (Phi) is 3.55. The van der Waals surface area contributed by atoms with Crippen molar-refractivity contribution in [3.05, 3.63) is 29.6 Å². The number of rotatable bonds is 1. The fraction of sp³-hybridized carbons (Fsp3) is 0.412. The molecule has 2 aromatic heterocycles. The molecule has 1 aliphatic rings. The molecule has 0 saturated heterocycles. The van der Waals surface area contributed by atoms with Gasteiger partial charge in [0.2, 0.25) is 0 Å². The summed E-state index contributed by atoms with van der Waals surface area (Å²) in [5.74, 6) is -0.852. The number of hydrogen-bond donors (Lipinski definition) is 0. The number of aldehydes is 1. The molecule has 1 atom stereocenters. The SMILES string of the molecule is CC(C)(C)OC(=O)n1c2c(c3ncccc31)CC(=O)C(C=O)C2. The molecule has 120 valence electrons. The van der Waals surface area contributed by atoms with Gasteiger partial charge < -0.3 is 9.53 Å². The van der Waals surface area contributed by atoms with E-state index in [4.69, 9.17) is 4.74 Å². The molecular weight excluding hydrogens is 296 g/mol. The summed E-state index contributed by atoms with van der Waals surface area (Å²) in [6, 6.07) is 3.50. The van der Waals surface area contributed by atoms with Crippen LogP contribution in [0, 0.1) is 5.92 Å². The highest BCUT2D eigenvalue weighted by Gasteiger charge is 2.34. The van der Waals surface area contributed by atoms with Crippen molar-refractivity contribution < 1.29 is 19.1 Å². The minimum absolute atomic E-state index is 0.113. The van der Waals surface area contributed by atoms with E-state index in [9.17, 15) is 14.4 Å². The smallest absolute Gasteiger partial charge is 0.419 e. The number of pyridine rings is 1. The second kappa shape index (κ2) is 5.30. The van der Waals surface area contributed by atoms with Crippen LogP contribution < -0.4 is 0 Å². The monoisotopic (exact) mass is 314 g/mol. The molecule has 3 rings (SSSR count). The number of ketones is 1. The van der Waals surface area contributed by atoms with Crippen molar-refractivity contribution in [2.45, 2.75) is 39.2 Å². The first-order valence-electron chi connectivity index (χ1n) is 7.50. The van der Waals surface area contributed by atoms with Crippen molar-refractivity contribution in [1.29, 1.82) is 0 Å². The number of ether oxygens (including phenoxy) is 1. The Morgan fingerprint density at radius 1 is 1.43 bits per heavy atom. The van der Waals surface area contributed by atoms with E-state index in [1.165, 1.54) is 4.57 Å². The molecular formula is C17H18N2O4. The molecule has 0 radical (unpaired) electrons. The summed E-state index contributed by atoms with van der Waals surface area (Å²) in [5, 5.41) is 0. The van der Waals surface area contributed by atoms with Gasteiger partial charge in [-0.25, -0.2) is 9.36 Å². The summed E-state index contributed by atoms with van der Waals surface area (Å²) in [6.45, 7) is 5.37. The van der Waals surface area contributed by atoms with E-state index in [0.717, 1.165) is 5.56 Å². The number of carbonyl (C=O) groups is 3. The highest BCUT2D eigenvalue weighted by molar-refractivity contribution is 6.01. The molecule has 6 nitrogen and oxygen atoms in total. The van der Waals surface area contributed by atoms with Crippen molar-refractivity contribution in [3.8, 4) is 0 Å². The van der Waals surface area contributed by atoms with Gasteiger partial charge in [-0.3, -0.25) is 9.78 Å². The lowest BCUT2D eigenvalue weighted by Gasteiger charge is -2.22. The largest absolute Gasteiger partial charge is 0.443 e. The molecule has 23 heavy (non-hydrogen) atoms. The van der Waals surface area contributed by atoms with E-state index in [1.807, 2.05) is 0 Å². The van der Waals surface area contributed by atoms with Crippen LogP contribution in [-0.2, 0) is 27.2 Å². The molecule has 2 aromatic rings.